The van der Waals surface area contributed by atoms with E-state index in [0.717, 1.165) is 5.69 Å². The first-order valence-corrected chi connectivity index (χ1v) is 3.80. The van der Waals surface area contributed by atoms with E-state index in [2.05, 4.69) is 11.6 Å². The van der Waals surface area contributed by atoms with Crippen molar-refractivity contribution in [2.75, 3.05) is 0 Å². The molecule has 0 N–H and O–H groups in total. The molecule has 1 aromatic heterocycles. The van der Waals surface area contributed by atoms with Gasteiger partial charge in [-0.1, -0.05) is 6.08 Å². The van der Waals surface area contributed by atoms with Crippen LogP contribution in [-0.2, 0) is 6.54 Å². The number of nitrogens with zero attached hydrogens (tertiary/aromatic N) is 2. The molecule has 0 spiro atoms. The molecule has 1 aromatic rings. The molecule has 0 amide bonds. The zero-order valence-electron chi connectivity index (χ0n) is 7.37. The Kier molecular flexibility index (Phi) is 2.43. The van der Waals surface area contributed by atoms with E-state index in [-0.39, 0.29) is 5.56 Å². The normalized spacial score (nSPS) is 9.83. The fraction of sp³-hybridized carbons (Fsp3) is 0.333. The van der Waals surface area contributed by atoms with Crippen molar-refractivity contribution in [3.8, 4) is 0 Å². The molecule has 0 aliphatic carbocycles. The summed E-state index contributed by atoms with van der Waals surface area (Å²) < 4.78 is 1.54. The van der Waals surface area contributed by atoms with Crippen molar-refractivity contribution in [3.63, 3.8) is 0 Å². The molecular formula is C9H12N2O. The van der Waals surface area contributed by atoms with Gasteiger partial charge in [-0.15, -0.1) is 6.58 Å². The van der Waals surface area contributed by atoms with E-state index in [1.165, 1.54) is 4.57 Å². The maximum absolute atomic E-state index is 11.5. The van der Waals surface area contributed by atoms with Crippen molar-refractivity contribution in [1.82, 2.24) is 9.55 Å². The molecule has 3 heteroatoms. The summed E-state index contributed by atoms with van der Waals surface area (Å²) in [6, 6.07) is 0. The van der Waals surface area contributed by atoms with Crippen LogP contribution in [0, 0.1) is 13.8 Å². The summed E-state index contributed by atoms with van der Waals surface area (Å²) in [5.74, 6) is 0. The molecular weight excluding hydrogens is 152 g/mol. The van der Waals surface area contributed by atoms with E-state index in [9.17, 15) is 4.79 Å². The van der Waals surface area contributed by atoms with E-state index in [0.29, 0.717) is 12.1 Å². The summed E-state index contributed by atoms with van der Waals surface area (Å²) in [5, 5.41) is 0. The van der Waals surface area contributed by atoms with Gasteiger partial charge in [0.25, 0.3) is 5.56 Å². The number of aromatic nitrogens is 2. The van der Waals surface area contributed by atoms with Crippen LogP contribution in [0.2, 0.25) is 0 Å². The van der Waals surface area contributed by atoms with Crippen LogP contribution < -0.4 is 5.56 Å². The van der Waals surface area contributed by atoms with E-state index < -0.39 is 0 Å². The smallest absolute Gasteiger partial charge is 0.256 e. The summed E-state index contributed by atoms with van der Waals surface area (Å²) in [6.45, 7) is 7.69. The van der Waals surface area contributed by atoms with Crippen molar-refractivity contribution in [1.29, 1.82) is 0 Å². The Bertz CT molecular complexity index is 352. The molecule has 0 radical (unpaired) electrons. The van der Waals surface area contributed by atoms with Crippen LogP contribution in [0.4, 0.5) is 0 Å². The molecule has 0 fully saturated rings. The molecule has 3 nitrogen and oxygen atoms in total. The number of aryl methyl sites for hydroxylation is 1. The Balaban J connectivity index is 3.26. The molecule has 0 aromatic carbocycles. The Hall–Kier alpha value is -1.38. The third-order valence-electron chi connectivity index (χ3n) is 1.84. The lowest BCUT2D eigenvalue weighted by Gasteiger charge is -2.03. The number of hydrogen-bond donors (Lipinski definition) is 0. The predicted octanol–water partition coefficient (Wildman–Crippen LogP) is 1.05. The number of hydrogen-bond acceptors (Lipinski definition) is 2. The van der Waals surface area contributed by atoms with Crippen LogP contribution in [0.3, 0.4) is 0 Å². The second-order valence-electron chi connectivity index (χ2n) is 2.70. The van der Waals surface area contributed by atoms with Gasteiger partial charge in [0.2, 0.25) is 0 Å². The van der Waals surface area contributed by atoms with Crippen molar-refractivity contribution in [3.05, 3.63) is 40.6 Å². The summed E-state index contributed by atoms with van der Waals surface area (Å²) in [4.78, 5) is 15.5. The van der Waals surface area contributed by atoms with Crippen LogP contribution in [0.25, 0.3) is 0 Å². The van der Waals surface area contributed by atoms with Crippen molar-refractivity contribution in [2.24, 2.45) is 0 Å². The second-order valence-corrected chi connectivity index (χ2v) is 2.70. The molecule has 12 heavy (non-hydrogen) atoms. The standard InChI is InChI=1S/C9H12N2O/c1-4-5-11-6-10-8(3)7(2)9(11)12/h4,6H,1,5H2,2-3H3. The molecule has 1 heterocycles. The zero-order valence-corrected chi connectivity index (χ0v) is 7.37. The average molecular weight is 164 g/mol. The monoisotopic (exact) mass is 164 g/mol. The van der Waals surface area contributed by atoms with Crippen LogP contribution >= 0.6 is 0 Å². The van der Waals surface area contributed by atoms with Gasteiger partial charge in [0.1, 0.15) is 0 Å². The summed E-state index contributed by atoms with van der Waals surface area (Å²) in [7, 11) is 0. The topological polar surface area (TPSA) is 34.9 Å². The summed E-state index contributed by atoms with van der Waals surface area (Å²) in [5.41, 5.74) is 1.52. The highest BCUT2D eigenvalue weighted by Gasteiger charge is 2.00. The first-order chi connectivity index (χ1) is 5.66. The minimum atomic E-state index is 0.0161. The van der Waals surface area contributed by atoms with E-state index in [1.54, 1.807) is 19.3 Å². The fourth-order valence-electron chi connectivity index (χ4n) is 0.945. The Morgan fingerprint density at radius 3 is 2.92 bits per heavy atom. The van der Waals surface area contributed by atoms with Gasteiger partial charge >= 0.3 is 0 Å². The highest BCUT2D eigenvalue weighted by atomic mass is 16.1. The predicted molar refractivity (Wildman–Crippen MR) is 48.2 cm³/mol. The molecule has 0 aliphatic heterocycles. The number of allylic oxidation sites excluding steroid dienone is 1. The van der Waals surface area contributed by atoms with Crippen molar-refractivity contribution < 1.29 is 0 Å². The lowest BCUT2D eigenvalue weighted by Crippen LogP contribution is -2.23. The summed E-state index contributed by atoms with van der Waals surface area (Å²) >= 11 is 0. The van der Waals surface area contributed by atoms with Gasteiger partial charge in [-0.3, -0.25) is 9.36 Å². The molecule has 0 atom stereocenters. The highest BCUT2D eigenvalue weighted by Crippen LogP contribution is 1.94. The van der Waals surface area contributed by atoms with Crippen LogP contribution in [-0.4, -0.2) is 9.55 Å². The molecule has 0 saturated heterocycles. The molecule has 0 saturated carbocycles. The van der Waals surface area contributed by atoms with Crippen molar-refractivity contribution >= 4 is 0 Å². The van der Waals surface area contributed by atoms with E-state index in [1.807, 2.05) is 6.92 Å². The molecule has 0 aliphatic rings. The van der Waals surface area contributed by atoms with Crippen LogP contribution in [0.15, 0.2) is 23.8 Å². The first-order valence-electron chi connectivity index (χ1n) is 3.80. The highest BCUT2D eigenvalue weighted by molar-refractivity contribution is 5.12. The largest absolute Gasteiger partial charge is 0.295 e. The number of rotatable bonds is 2. The Labute approximate surface area is 71.4 Å². The van der Waals surface area contributed by atoms with Gasteiger partial charge in [-0.05, 0) is 13.8 Å². The van der Waals surface area contributed by atoms with Crippen LogP contribution in [0.5, 0.6) is 0 Å². The lowest BCUT2D eigenvalue weighted by molar-refractivity contribution is 0.738. The van der Waals surface area contributed by atoms with Gasteiger partial charge in [0.05, 0.1) is 6.33 Å². The SMILES string of the molecule is C=CCn1cnc(C)c(C)c1=O. The van der Waals surface area contributed by atoms with Gasteiger partial charge in [0.15, 0.2) is 0 Å². The lowest BCUT2D eigenvalue weighted by atomic mass is 10.3. The maximum Gasteiger partial charge on any atom is 0.256 e. The summed E-state index contributed by atoms with van der Waals surface area (Å²) in [6.07, 6.45) is 3.23. The molecule has 64 valence electrons. The van der Waals surface area contributed by atoms with Gasteiger partial charge in [0, 0.05) is 17.8 Å². The minimum Gasteiger partial charge on any atom is -0.295 e. The Morgan fingerprint density at radius 1 is 1.67 bits per heavy atom. The van der Waals surface area contributed by atoms with Gasteiger partial charge in [-0.25, -0.2) is 4.98 Å². The van der Waals surface area contributed by atoms with E-state index in [4.69, 9.17) is 0 Å². The molecule has 1 rings (SSSR count). The minimum absolute atomic E-state index is 0.0161. The first kappa shape index (κ1) is 8.71. The second kappa shape index (κ2) is 3.34. The van der Waals surface area contributed by atoms with Crippen molar-refractivity contribution in [2.45, 2.75) is 20.4 Å². The third-order valence-corrected chi connectivity index (χ3v) is 1.84. The molecule has 0 unspecified atom stereocenters. The fourth-order valence-corrected chi connectivity index (χ4v) is 0.945. The zero-order chi connectivity index (χ0) is 9.14. The third kappa shape index (κ3) is 1.44. The van der Waals surface area contributed by atoms with Gasteiger partial charge in [-0.2, -0.15) is 0 Å². The van der Waals surface area contributed by atoms with Gasteiger partial charge < -0.3 is 0 Å². The Morgan fingerprint density at radius 2 is 2.33 bits per heavy atom. The molecule has 0 bridgehead atoms. The van der Waals surface area contributed by atoms with Crippen LogP contribution in [0.1, 0.15) is 11.3 Å². The average Bonchev–Trinajstić information content (AvgIpc) is 2.07. The maximum atomic E-state index is 11.5. The van der Waals surface area contributed by atoms with E-state index >= 15 is 0 Å². The quantitative estimate of drug-likeness (QED) is 0.612.